The average Bonchev–Trinajstić information content (AvgIpc) is 2.56. The zero-order chi connectivity index (χ0) is 15.5. The second-order valence-corrected chi connectivity index (χ2v) is 5.02. The van der Waals surface area contributed by atoms with Crippen LogP contribution < -0.4 is 10.1 Å². The lowest BCUT2D eigenvalue weighted by atomic mass is 10.2. The van der Waals surface area contributed by atoms with Gasteiger partial charge in [-0.25, -0.2) is 0 Å². The Bertz CT molecular complexity index is 502. The molecule has 0 spiro atoms. The number of hydrogen-bond donors (Lipinski definition) is 1. The highest BCUT2D eigenvalue weighted by Gasteiger charge is 2.06. The van der Waals surface area contributed by atoms with Crippen molar-refractivity contribution in [1.29, 1.82) is 0 Å². The molecule has 2 aromatic rings. The van der Waals surface area contributed by atoms with Crippen molar-refractivity contribution >= 4 is 9.24 Å². The Morgan fingerprint density at radius 2 is 1.76 bits per heavy atom. The van der Waals surface area contributed by atoms with Gasteiger partial charge >= 0.3 is 0 Å². The molecule has 2 atom stereocenters. The maximum Gasteiger partial charge on any atom is 0.119 e. The van der Waals surface area contributed by atoms with Gasteiger partial charge in [-0.05, 0) is 30.2 Å². The molecule has 0 radical (unpaired) electrons. The zero-order valence-electron chi connectivity index (χ0n) is 13.2. The maximum absolute atomic E-state index is 5.52. The van der Waals surface area contributed by atoms with Gasteiger partial charge in [0.05, 0.1) is 6.61 Å². The van der Waals surface area contributed by atoms with Crippen LogP contribution in [-0.4, -0.2) is 6.61 Å². The minimum atomic E-state index is 0.223. The molecule has 21 heavy (non-hydrogen) atoms. The van der Waals surface area contributed by atoms with E-state index in [9.17, 15) is 0 Å². The van der Waals surface area contributed by atoms with E-state index in [1.807, 2.05) is 39.0 Å². The van der Waals surface area contributed by atoms with Crippen molar-refractivity contribution in [3.05, 3.63) is 65.7 Å². The summed E-state index contributed by atoms with van der Waals surface area (Å²) in [6, 6.07) is 18.6. The molecule has 0 saturated heterocycles. The normalized spacial score (nSPS) is 11.2. The third-order valence-corrected chi connectivity index (χ3v) is 3.52. The first-order valence-corrected chi connectivity index (χ1v) is 8.22. The standard InChI is InChI=1S/C16H20NOP.C2H6/c1-2-18-15-10-6-9-14(11-15)16(19)17-12-13-7-4-3-5-8-13;1-2/h3-11,16-17H,2,12,19H2,1H3;1-2H3. The minimum absolute atomic E-state index is 0.223. The van der Waals surface area contributed by atoms with Crippen molar-refractivity contribution in [1.82, 2.24) is 5.32 Å². The van der Waals surface area contributed by atoms with Crippen molar-refractivity contribution in [3.63, 3.8) is 0 Å². The number of hydrogen-bond acceptors (Lipinski definition) is 2. The van der Waals surface area contributed by atoms with Crippen LogP contribution in [0.5, 0.6) is 5.75 Å². The molecule has 2 unspecified atom stereocenters. The zero-order valence-corrected chi connectivity index (χ0v) is 14.3. The molecule has 0 aliphatic rings. The van der Waals surface area contributed by atoms with Gasteiger partial charge in [0, 0.05) is 12.3 Å². The SMILES string of the molecule is CC.CCOc1cccc(C(P)NCc2ccccc2)c1. The summed E-state index contributed by atoms with van der Waals surface area (Å²) in [5.41, 5.74) is 2.50. The Hall–Kier alpha value is -1.37. The molecule has 2 rings (SSSR count). The molecule has 0 aliphatic heterocycles. The summed E-state index contributed by atoms with van der Waals surface area (Å²) in [4.78, 5) is 0. The van der Waals surface area contributed by atoms with E-state index in [1.165, 1.54) is 11.1 Å². The monoisotopic (exact) mass is 303 g/mol. The van der Waals surface area contributed by atoms with Crippen LogP contribution in [-0.2, 0) is 6.54 Å². The molecule has 0 fully saturated rings. The lowest BCUT2D eigenvalue weighted by Crippen LogP contribution is -2.15. The van der Waals surface area contributed by atoms with Crippen LogP contribution in [0.4, 0.5) is 0 Å². The van der Waals surface area contributed by atoms with E-state index < -0.39 is 0 Å². The molecule has 0 amide bonds. The van der Waals surface area contributed by atoms with E-state index in [0.29, 0.717) is 6.61 Å². The fraction of sp³-hybridized carbons (Fsp3) is 0.333. The summed E-state index contributed by atoms with van der Waals surface area (Å²) in [7, 11) is 2.84. The Morgan fingerprint density at radius 3 is 2.43 bits per heavy atom. The van der Waals surface area contributed by atoms with Crippen LogP contribution in [0, 0.1) is 0 Å². The van der Waals surface area contributed by atoms with E-state index in [4.69, 9.17) is 4.74 Å². The lowest BCUT2D eigenvalue weighted by molar-refractivity contribution is 0.340. The van der Waals surface area contributed by atoms with Gasteiger partial charge in [-0.2, -0.15) is 0 Å². The maximum atomic E-state index is 5.52. The Morgan fingerprint density at radius 1 is 1.05 bits per heavy atom. The van der Waals surface area contributed by atoms with Gasteiger partial charge in [0.25, 0.3) is 0 Å². The summed E-state index contributed by atoms with van der Waals surface area (Å²) < 4.78 is 5.52. The third-order valence-electron chi connectivity index (χ3n) is 2.90. The topological polar surface area (TPSA) is 21.3 Å². The largest absolute Gasteiger partial charge is 0.494 e. The number of benzene rings is 2. The minimum Gasteiger partial charge on any atom is -0.494 e. The van der Waals surface area contributed by atoms with Gasteiger partial charge in [0.2, 0.25) is 0 Å². The first-order valence-electron chi connectivity index (χ1n) is 7.55. The van der Waals surface area contributed by atoms with Crippen molar-refractivity contribution in [2.45, 2.75) is 33.1 Å². The van der Waals surface area contributed by atoms with Crippen LogP contribution >= 0.6 is 9.24 Å². The van der Waals surface area contributed by atoms with Crippen LogP contribution in [0.3, 0.4) is 0 Å². The van der Waals surface area contributed by atoms with Crippen LogP contribution in [0.2, 0.25) is 0 Å². The van der Waals surface area contributed by atoms with E-state index in [-0.39, 0.29) is 5.78 Å². The molecule has 0 aromatic heterocycles. The van der Waals surface area contributed by atoms with Crippen molar-refractivity contribution < 1.29 is 4.74 Å². The molecule has 0 aliphatic carbocycles. The first kappa shape index (κ1) is 17.7. The highest BCUT2D eigenvalue weighted by atomic mass is 31.0. The molecule has 0 bridgehead atoms. The predicted octanol–water partition coefficient (Wildman–Crippen LogP) is 4.78. The average molecular weight is 303 g/mol. The molecule has 1 N–H and O–H groups in total. The molecule has 114 valence electrons. The summed E-state index contributed by atoms with van der Waals surface area (Å²) in [5.74, 6) is 1.15. The van der Waals surface area contributed by atoms with Crippen molar-refractivity contribution in [2.24, 2.45) is 0 Å². The third kappa shape index (κ3) is 6.29. The summed E-state index contributed by atoms with van der Waals surface area (Å²) >= 11 is 0. The summed E-state index contributed by atoms with van der Waals surface area (Å²) in [6.07, 6.45) is 0. The van der Waals surface area contributed by atoms with Crippen LogP contribution in [0.1, 0.15) is 37.7 Å². The Balaban J connectivity index is 0.00000106. The smallest absolute Gasteiger partial charge is 0.119 e. The quantitative estimate of drug-likeness (QED) is 0.776. The van der Waals surface area contributed by atoms with Gasteiger partial charge in [-0.1, -0.05) is 56.3 Å². The number of rotatable bonds is 6. The van der Waals surface area contributed by atoms with Gasteiger partial charge in [0.1, 0.15) is 5.75 Å². The Labute approximate surface area is 131 Å². The van der Waals surface area contributed by atoms with E-state index in [2.05, 4.69) is 51.0 Å². The molecule has 2 nitrogen and oxygen atoms in total. The number of nitrogens with one attached hydrogen (secondary N) is 1. The molecule has 2 aromatic carbocycles. The van der Waals surface area contributed by atoms with Crippen molar-refractivity contribution in [3.8, 4) is 5.75 Å². The van der Waals surface area contributed by atoms with E-state index in [1.54, 1.807) is 0 Å². The fourth-order valence-electron chi connectivity index (χ4n) is 1.91. The van der Waals surface area contributed by atoms with Crippen molar-refractivity contribution in [2.75, 3.05) is 6.61 Å². The molecule has 0 saturated carbocycles. The lowest BCUT2D eigenvalue weighted by Gasteiger charge is -2.15. The highest BCUT2D eigenvalue weighted by Crippen LogP contribution is 2.24. The van der Waals surface area contributed by atoms with Gasteiger partial charge in [-0.15, -0.1) is 9.24 Å². The summed E-state index contributed by atoms with van der Waals surface area (Å²) in [5, 5.41) is 3.49. The second-order valence-electron chi connectivity index (χ2n) is 4.35. The second kappa shape index (κ2) is 10.4. The van der Waals surface area contributed by atoms with Gasteiger partial charge in [-0.3, -0.25) is 0 Å². The first-order chi connectivity index (χ1) is 10.3. The molecular formula is C18H26NOP. The van der Waals surface area contributed by atoms with Gasteiger partial charge < -0.3 is 10.1 Å². The highest BCUT2D eigenvalue weighted by molar-refractivity contribution is 7.17. The predicted molar refractivity (Wildman–Crippen MR) is 94.7 cm³/mol. The van der Waals surface area contributed by atoms with Crippen LogP contribution in [0.15, 0.2) is 54.6 Å². The number of ether oxygens (including phenoxy) is 1. The van der Waals surface area contributed by atoms with Gasteiger partial charge in [0.15, 0.2) is 0 Å². The Kier molecular flexibility index (Phi) is 8.73. The molecular weight excluding hydrogens is 277 g/mol. The van der Waals surface area contributed by atoms with E-state index in [0.717, 1.165) is 12.3 Å². The van der Waals surface area contributed by atoms with Crippen LogP contribution in [0.25, 0.3) is 0 Å². The summed E-state index contributed by atoms with van der Waals surface area (Å²) in [6.45, 7) is 7.55. The fourth-order valence-corrected chi connectivity index (χ4v) is 2.23. The molecule has 0 heterocycles. The van der Waals surface area contributed by atoms with E-state index >= 15 is 0 Å². The molecule has 3 heteroatoms.